The van der Waals surface area contributed by atoms with Crippen molar-refractivity contribution in [3.8, 4) is 0 Å². The molecular formula is C19H25ClFN3O2. The summed E-state index contributed by atoms with van der Waals surface area (Å²) < 4.78 is 13.2. The van der Waals surface area contributed by atoms with Gasteiger partial charge in [0.1, 0.15) is 5.82 Å². The Morgan fingerprint density at radius 2 is 2.08 bits per heavy atom. The first kappa shape index (κ1) is 19.1. The third-order valence-corrected chi connectivity index (χ3v) is 5.53. The summed E-state index contributed by atoms with van der Waals surface area (Å²) in [5.41, 5.74) is 0.327. The number of carboxylic acids is 1. The van der Waals surface area contributed by atoms with Gasteiger partial charge in [0.2, 0.25) is 5.83 Å². The first-order chi connectivity index (χ1) is 12.5. The molecular weight excluding hydrogens is 357 g/mol. The average Bonchev–Trinajstić information content (AvgIpc) is 2.65. The lowest BCUT2D eigenvalue weighted by Crippen LogP contribution is -2.47. The Bertz CT molecular complexity index is 677. The number of hydrogen-bond donors (Lipinski definition) is 2. The molecule has 7 heteroatoms. The van der Waals surface area contributed by atoms with Crippen LogP contribution < -0.4 is 5.32 Å². The number of piperidine rings is 1. The van der Waals surface area contributed by atoms with Crippen LogP contribution in [0.2, 0.25) is 5.02 Å². The molecule has 1 atom stereocenters. The van der Waals surface area contributed by atoms with Gasteiger partial charge in [-0.1, -0.05) is 30.9 Å². The lowest BCUT2D eigenvalue weighted by Gasteiger charge is -2.40. The predicted molar refractivity (Wildman–Crippen MR) is 101 cm³/mol. The summed E-state index contributed by atoms with van der Waals surface area (Å²) in [5.74, 6) is -2.28. The Morgan fingerprint density at radius 1 is 1.31 bits per heavy atom. The zero-order valence-corrected chi connectivity index (χ0v) is 15.5. The van der Waals surface area contributed by atoms with E-state index in [0.717, 1.165) is 32.0 Å². The van der Waals surface area contributed by atoms with Crippen molar-refractivity contribution < 1.29 is 14.3 Å². The Balaban J connectivity index is 1.62. The lowest BCUT2D eigenvalue weighted by molar-refractivity contribution is -0.134. The standard InChI is InChI=1S/C19H25ClFN3O2/c20-16-9-13(10-17(21)19(25)26)11-22-18(16)23-14-5-4-8-24(12-14)15-6-2-1-3-7-15/h9-11,14-15H,1-8,12H2,(H,22,23)(H,25,26)/b17-10-/t14-/m1/s1. The van der Waals surface area contributed by atoms with Gasteiger partial charge in [-0.25, -0.2) is 9.78 Å². The molecule has 1 aromatic rings. The van der Waals surface area contributed by atoms with Crippen molar-refractivity contribution in [2.45, 2.75) is 57.0 Å². The van der Waals surface area contributed by atoms with Crippen LogP contribution in [0.25, 0.3) is 6.08 Å². The molecule has 0 unspecified atom stereocenters. The van der Waals surface area contributed by atoms with Gasteiger partial charge in [0.25, 0.3) is 0 Å². The van der Waals surface area contributed by atoms with Crippen LogP contribution in [0.1, 0.15) is 50.5 Å². The van der Waals surface area contributed by atoms with Crippen LogP contribution in [0.5, 0.6) is 0 Å². The number of anilines is 1. The Morgan fingerprint density at radius 3 is 2.77 bits per heavy atom. The second-order valence-corrected chi connectivity index (χ2v) is 7.57. The third kappa shape index (κ3) is 4.95. The van der Waals surface area contributed by atoms with Gasteiger partial charge in [0, 0.05) is 24.8 Å². The molecule has 0 radical (unpaired) electrons. The number of rotatable bonds is 5. The second kappa shape index (κ2) is 8.82. The van der Waals surface area contributed by atoms with E-state index < -0.39 is 11.8 Å². The minimum atomic E-state index is -1.60. The normalized spacial score (nSPS) is 23.0. The fourth-order valence-electron chi connectivity index (χ4n) is 3.94. The van der Waals surface area contributed by atoms with Gasteiger partial charge in [-0.15, -0.1) is 0 Å². The van der Waals surface area contributed by atoms with E-state index in [1.807, 2.05) is 0 Å². The second-order valence-electron chi connectivity index (χ2n) is 7.17. The highest BCUT2D eigenvalue weighted by Crippen LogP contribution is 2.28. The average molecular weight is 382 g/mol. The first-order valence-corrected chi connectivity index (χ1v) is 9.67. The highest BCUT2D eigenvalue weighted by molar-refractivity contribution is 6.33. The molecule has 2 N–H and O–H groups in total. The number of aromatic nitrogens is 1. The van der Waals surface area contributed by atoms with Gasteiger partial charge in [-0.05, 0) is 49.9 Å². The molecule has 142 valence electrons. The summed E-state index contributed by atoms with van der Waals surface area (Å²) in [6.07, 6.45) is 11.2. The van der Waals surface area contributed by atoms with E-state index >= 15 is 0 Å². The quantitative estimate of drug-likeness (QED) is 0.743. The Hall–Kier alpha value is -1.66. The highest BCUT2D eigenvalue weighted by atomic mass is 35.5. The molecule has 0 spiro atoms. The summed E-state index contributed by atoms with van der Waals surface area (Å²) in [6, 6.07) is 2.51. The number of nitrogens with zero attached hydrogens (tertiary/aromatic N) is 2. The number of nitrogens with one attached hydrogen (secondary N) is 1. The molecule has 1 saturated heterocycles. The third-order valence-electron chi connectivity index (χ3n) is 5.24. The Kier molecular flexibility index (Phi) is 6.48. The molecule has 2 aliphatic rings. The van der Waals surface area contributed by atoms with E-state index in [4.69, 9.17) is 16.7 Å². The SMILES string of the molecule is O=C(O)/C(F)=C/c1cnc(N[C@@H]2CCCN(C3CCCCC3)C2)c(Cl)c1. The minimum Gasteiger partial charge on any atom is -0.476 e. The number of likely N-dealkylation sites (tertiary alicyclic amines) is 1. The van der Waals surface area contributed by atoms with Crippen LogP contribution in [0.15, 0.2) is 18.1 Å². The van der Waals surface area contributed by atoms with E-state index in [9.17, 15) is 9.18 Å². The van der Waals surface area contributed by atoms with E-state index in [0.29, 0.717) is 22.4 Å². The van der Waals surface area contributed by atoms with Gasteiger partial charge in [-0.2, -0.15) is 4.39 Å². The molecule has 1 aliphatic heterocycles. The van der Waals surface area contributed by atoms with E-state index in [1.54, 1.807) is 0 Å². The van der Waals surface area contributed by atoms with Crippen LogP contribution in [-0.2, 0) is 4.79 Å². The minimum absolute atomic E-state index is 0.285. The molecule has 2 fully saturated rings. The molecule has 2 heterocycles. The molecule has 1 aliphatic carbocycles. The zero-order chi connectivity index (χ0) is 18.5. The maximum Gasteiger partial charge on any atom is 0.364 e. The topological polar surface area (TPSA) is 65.5 Å². The number of carbonyl (C=O) groups is 1. The van der Waals surface area contributed by atoms with Crippen LogP contribution in [0, 0.1) is 0 Å². The fraction of sp³-hybridized carbons (Fsp3) is 0.579. The summed E-state index contributed by atoms with van der Waals surface area (Å²) >= 11 is 6.26. The van der Waals surface area contributed by atoms with Crippen molar-refractivity contribution in [3.63, 3.8) is 0 Å². The predicted octanol–water partition coefficient (Wildman–Crippen LogP) is 4.34. The molecule has 1 saturated carbocycles. The molecule has 0 aromatic carbocycles. The van der Waals surface area contributed by atoms with Crippen molar-refractivity contribution in [2.24, 2.45) is 0 Å². The number of halogens is 2. The first-order valence-electron chi connectivity index (χ1n) is 9.29. The Labute approximate surface area is 158 Å². The van der Waals surface area contributed by atoms with Crippen molar-refractivity contribution in [3.05, 3.63) is 28.7 Å². The fourth-order valence-corrected chi connectivity index (χ4v) is 4.17. The largest absolute Gasteiger partial charge is 0.476 e. The number of pyridine rings is 1. The van der Waals surface area contributed by atoms with Crippen molar-refractivity contribution >= 4 is 29.5 Å². The van der Waals surface area contributed by atoms with Crippen molar-refractivity contribution in [1.82, 2.24) is 9.88 Å². The van der Waals surface area contributed by atoms with Crippen LogP contribution in [0.4, 0.5) is 10.2 Å². The van der Waals surface area contributed by atoms with Crippen LogP contribution in [-0.4, -0.2) is 46.1 Å². The van der Waals surface area contributed by atoms with Crippen LogP contribution in [0.3, 0.4) is 0 Å². The number of aliphatic carboxylic acids is 1. The molecule has 0 bridgehead atoms. The van der Waals surface area contributed by atoms with E-state index in [-0.39, 0.29) is 6.04 Å². The van der Waals surface area contributed by atoms with Gasteiger partial charge in [-0.3, -0.25) is 4.90 Å². The van der Waals surface area contributed by atoms with Crippen molar-refractivity contribution in [1.29, 1.82) is 0 Å². The number of hydrogen-bond acceptors (Lipinski definition) is 4. The smallest absolute Gasteiger partial charge is 0.364 e. The lowest BCUT2D eigenvalue weighted by atomic mass is 9.92. The summed E-state index contributed by atoms with van der Waals surface area (Å²) in [4.78, 5) is 17.4. The molecule has 1 aromatic heterocycles. The summed E-state index contributed by atoms with van der Waals surface area (Å²) in [7, 11) is 0. The summed E-state index contributed by atoms with van der Waals surface area (Å²) in [6.45, 7) is 2.14. The zero-order valence-electron chi connectivity index (χ0n) is 14.8. The van der Waals surface area contributed by atoms with Crippen molar-refractivity contribution in [2.75, 3.05) is 18.4 Å². The van der Waals surface area contributed by atoms with E-state index in [1.165, 1.54) is 44.4 Å². The van der Waals surface area contributed by atoms with E-state index in [2.05, 4.69) is 15.2 Å². The van der Waals surface area contributed by atoms with Crippen LogP contribution >= 0.6 is 11.6 Å². The molecule has 26 heavy (non-hydrogen) atoms. The number of carboxylic acid groups (broad SMARTS) is 1. The maximum atomic E-state index is 13.2. The highest BCUT2D eigenvalue weighted by Gasteiger charge is 2.27. The van der Waals surface area contributed by atoms with Gasteiger partial charge >= 0.3 is 5.97 Å². The molecule has 5 nitrogen and oxygen atoms in total. The molecule has 0 amide bonds. The maximum absolute atomic E-state index is 13.2. The summed E-state index contributed by atoms with van der Waals surface area (Å²) in [5, 5.41) is 12.4. The van der Waals surface area contributed by atoms with Gasteiger partial charge in [0.05, 0.1) is 5.02 Å². The monoisotopic (exact) mass is 381 g/mol. The molecule has 3 rings (SSSR count). The van der Waals surface area contributed by atoms with Gasteiger partial charge in [0.15, 0.2) is 0 Å². The van der Waals surface area contributed by atoms with Gasteiger partial charge < -0.3 is 10.4 Å².